The topological polar surface area (TPSA) is 375 Å². The van der Waals surface area contributed by atoms with Crippen molar-refractivity contribution in [2.45, 2.75) is 38.8 Å². The number of hydrogen-bond donors (Lipinski definition) is 8. The summed E-state index contributed by atoms with van der Waals surface area (Å²) in [5, 5.41) is 12.0. The van der Waals surface area contributed by atoms with Gasteiger partial charge in [0, 0.05) is 117 Å². The zero-order valence-corrected chi connectivity index (χ0v) is 54.0. The molecule has 1 aromatic rings. The molecule has 0 saturated carbocycles. The number of amides is 4. The molecule has 0 unspecified atom stereocenters. The van der Waals surface area contributed by atoms with Gasteiger partial charge in [0.2, 0.25) is 23.6 Å². The highest BCUT2D eigenvalue weighted by molar-refractivity contribution is 5.77. The second-order valence-electron chi connectivity index (χ2n) is 19.7. The number of ether oxygens (including phenoxy) is 16. The Bertz CT molecular complexity index is 1530. The van der Waals surface area contributed by atoms with E-state index in [4.69, 9.17) is 98.7 Å². The lowest BCUT2D eigenvalue weighted by atomic mass is 10.1. The molecule has 4 amide bonds. The van der Waals surface area contributed by atoms with E-state index in [2.05, 4.69) is 55.3 Å². The summed E-state index contributed by atoms with van der Waals surface area (Å²) in [6, 6.07) is 8.24. The second-order valence-corrected chi connectivity index (χ2v) is 19.7. The van der Waals surface area contributed by atoms with Gasteiger partial charge in [-0.05, 0) is 11.1 Å². The van der Waals surface area contributed by atoms with Crippen LogP contribution in [0.15, 0.2) is 24.3 Å². The third-order valence-corrected chi connectivity index (χ3v) is 12.2. The number of nitrogens with zero attached hydrogens (tertiary/aromatic N) is 2. The van der Waals surface area contributed by atoms with E-state index in [9.17, 15) is 19.2 Å². The maximum absolute atomic E-state index is 12.8. The van der Waals surface area contributed by atoms with Crippen molar-refractivity contribution in [2.24, 2.45) is 22.9 Å². The molecule has 526 valence electrons. The van der Waals surface area contributed by atoms with E-state index in [-0.39, 0.29) is 75.7 Å². The van der Waals surface area contributed by atoms with E-state index in [1.165, 1.54) is 0 Å². The zero-order chi connectivity index (χ0) is 64.9. The molecule has 0 heterocycles. The van der Waals surface area contributed by atoms with Gasteiger partial charge in [-0.3, -0.25) is 29.0 Å². The van der Waals surface area contributed by atoms with E-state index >= 15 is 0 Å². The number of benzene rings is 1. The number of nitrogens with two attached hydrogens (primary N) is 4. The van der Waals surface area contributed by atoms with Gasteiger partial charge in [-0.1, -0.05) is 24.3 Å². The van der Waals surface area contributed by atoms with Gasteiger partial charge >= 0.3 is 0 Å². The predicted octanol–water partition coefficient (Wildman–Crippen LogP) is -2.58. The average Bonchev–Trinajstić information content (AvgIpc) is 3.75. The minimum absolute atomic E-state index is 0.137. The Hall–Kier alpha value is -3.78. The van der Waals surface area contributed by atoms with Crippen LogP contribution in [0.1, 0.15) is 36.8 Å². The number of carbonyl (C=O) groups excluding carboxylic acids is 4. The van der Waals surface area contributed by atoms with Crippen molar-refractivity contribution in [3.05, 3.63) is 35.4 Å². The average molecular weight is 1300 g/mol. The Morgan fingerprint density at radius 1 is 0.256 bits per heavy atom. The fraction of sp³-hybridized carbons (Fsp3) is 0.833. The molecule has 0 aromatic heterocycles. The summed E-state index contributed by atoms with van der Waals surface area (Å²) in [6.45, 7) is 19.9. The van der Waals surface area contributed by atoms with Crippen LogP contribution in [0, 0.1) is 0 Å². The minimum atomic E-state index is -0.137. The summed E-state index contributed by atoms with van der Waals surface area (Å²) in [6.07, 6.45) is 0.787. The molecule has 0 radical (unpaired) electrons. The summed E-state index contributed by atoms with van der Waals surface area (Å²) in [5.74, 6) is -0.548. The van der Waals surface area contributed by atoms with Gasteiger partial charge in [0.15, 0.2) is 0 Å². The molecule has 12 N–H and O–H groups in total. The number of carbonyl (C=O) groups is 4. The van der Waals surface area contributed by atoms with Gasteiger partial charge in [0.1, 0.15) is 0 Å². The molecule has 0 aliphatic rings. The predicted molar refractivity (Wildman–Crippen MR) is 337 cm³/mol. The van der Waals surface area contributed by atoms with Crippen molar-refractivity contribution in [1.29, 1.82) is 0 Å². The van der Waals surface area contributed by atoms with E-state index < -0.39 is 0 Å². The normalized spacial score (nSPS) is 11.5. The lowest BCUT2D eigenvalue weighted by Gasteiger charge is -2.24. The van der Waals surface area contributed by atoms with Gasteiger partial charge in [0.05, 0.1) is 211 Å². The maximum Gasteiger partial charge on any atom is 0.222 e. The van der Waals surface area contributed by atoms with Crippen LogP contribution in [-0.2, 0) is 108 Å². The van der Waals surface area contributed by atoms with Crippen LogP contribution in [0.5, 0.6) is 0 Å². The molecule has 90 heavy (non-hydrogen) atoms. The Kier molecular flexibility index (Phi) is 63.7. The monoisotopic (exact) mass is 1300 g/mol. The fourth-order valence-corrected chi connectivity index (χ4v) is 7.61. The van der Waals surface area contributed by atoms with Crippen molar-refractivity contribution in [1.82, 2.24) is 31.1 Å². The summed E-state index contributed by atoms with van der Waals surface area (Å²) in [4.78, 5) is 55.5. The van der Waals surface area contributed by atoms with Crippen LogP contribution < -0.4 is 44.2 Å². The molecule has 0 aliphatic heterocycles. The molecule has 0 atom stereocenters. The van der Waals surface area contributed by atoms with Crippen molar-refractivity contribution >= 4 is 23.6 Å². The Morgan fingerprint density at radius 3 is 0.578 bits per heavy atom. The van der Waals surface area contributed by atoms with Crippen LogP contribution in [-0.4, -0.2) is 323 Å². The van der Waals surface area contributed by atoms with Crippen molar-refractivity contribution in [3.63, 3.8) is 0 Å². The first-order valence-corrected chi connectivity index (χ1v) is 31.9. The summed E-state index contributed by atoms with van der Waals surface area (Å²) >= 11 is 0. The Morgan fingerprint density at radius 2 is 0.411 bits per heavy atom. The van der Waals surface area contributed by atoms with E-state index in [1.54, 1.807) is 0 Å². The maximum atomic E-state index is 12.8. The van der Waals surface area contributed by atoms with E-state index in [0.29, 0.717) is 277 Å². The largest absolute Gasteiger partial charge is 0.379 e. The minimum Gasteiger partial charge on any atom is -0.379 e. The van der Waals surface area contributed by atoms with Crippen LogP contribution in [0.25, 0.3) is 0 Å². The fourth-order valence-electron chi connectivity index (χ4n) is 7.61. The molecule has 30 nitrogen and oxygen atoms in total. The highest BCUT2D eigenvalue weighted by Crippen LogP contribution is 2.11. The molecule has 1 aromatic carbocycles. The smallest absolute Gasteiger partial charge is 0.222 e. The van der Waals surface area contributed by atoms with Crippen LogP contribution >= 0.6 is 0 Å². The van der Waals surface area contributed by atoms with Crippen LogP contribution in [0.4, 0.5) is 0 Å². The molecular formula is C60H116N10O20. The Balaban J connectivity index is 2.77. The molecule has 0 aliphatic carbocycles. The van der Waals surface area contributed by atoms with Crippen molar-refractivity contribution in [3.8, 4) is 0 Å². The summed E-state index contributed by atoms with van der Waals surface area (Å²) in [7, 11) is 0. The van der Waals surface area contributed by atoms with Gasteiger partial charge in [-0.2, -0.15) is 0 Å². The third kappa shape index (κ3) is 60.5. The quantitative estimate of drug-likeness (QED) is 0.0310. The molecule has 0 spiro atoms. The van der Waals surface area contributed by atoms with Gasteiger partial charge in [0.25, 0.3) is 0 Å². The molecular weight excluding hydrogens is 1180 g/mol. The molecule has 0 saturated heterocycles. The number of rotatable bonds is 72. The lowest BCUT2D eigenvalue weighted by molar-refractivity contribution is -0.123. The van der Waals surface area contributed by atoms with Gasteiger partial charge in [-0.15, -0.1) is 0 Å². The first-order chi connectivity index (χ1) is 44.3. The zero-order valence-electron chi connectivity index (χ0n) is 54.0. The highest BCUT2D eigenvalue weighted by atomic mass is 16.6. The standard InChI is InChI=1S/C60H116N10O20/c61-9-25-79-33-41-87-49-45-83-37-29-75-21-5-57(71)65-13-17-69(18-14-66-58(72)6-22-76-30-38-84-46-50-88-42-34-80-26-10-62)53-55-1-2-56(4-3-55)54-70(19-15-67-59(73)7-23-77-31-39-85-47-51-89-43-35-81-27-11-63)20-16-68-60(74)8-24-78-32-40-86-48-52-90-44-36-82-28-12-64/h1-4H,5-54,61-64H2,(H,65,71)(H,66,72)(H,67,73)(H,68,74). The molecule has 1 rings (SSSR count). The van der Waals surface area contributed by atoms with Crippen LogP contribution in [0.3, 0.4) is 0 Å². The highest BCUT2D eigenvalue weighted by Gasteiger charge is 2.13. The first-order valence-electron chi connectivity index (χ1n) is 31.9. The number of hydrogen-bond acceptors (Lipinski definition) is 26. The molecule has 0 fully saturated rings. The Labute approximate surface area is 535 Å². The molecule has 30 heteroatoms. The van der Waals surface area contributed by atoms with E-state index in [1.807, 2.05) is 0 Å². The third-order valence-electron chi connectivity index (χ3n) is 12.2. The van der Waals surface area contributed by atoms with Gasteiger partial charge in [-0.25, -0.2) is 0 Å². The lowest BCUT2D eigenvalue weighted by Crippen LogP contribution is -2.39. The van der Waals surface area contributed by atoms with Crippen LogP contribution in [0.2, 0.25) is 0 Å². The molecule has 0 bridgehead atoms. The van der Waals surface area contributed by atoms with Crippen molar-refractivity contribution in [2.75, 3.05) is 290 Å². The summed E-state index contributed by atoms with van der Waals surface area (Å²) < 4.78 is 87.4. The SMILES string of the molecule is NCCOCCOCCOCCOCCC(=O)NCCN(CCNC(=O)CCOCCOCCOCCOCCN)Cc1ccc(CN(CCNC(=O)CCOCCOCCOCCOCCN)CCNC(=O)CCOCCOCCOCCOCCN)cc1. The number of nitrogens with one attached hydrogen (secondary N) is 4. The van der Waals surface area contributed by atoms with Crippen molar-refractivity contribution < 1.29 is 95.0 Å². The van der Waals surface area contributed by atoms with E-state index in [0.717, 1.165) is 11.1 Å². The summed E-state index contributed by atoms with van der Waals surface area (Å²) in [5.41, 5.74) is 23.7. The first kappa shape index (κ1) is 84.2. The van der Waals surface area contributed by atoms with Gasteiger partial charge < -0.3 is 120 Å². The second kappa shape index (κ2) is 68.1.